The number of carbonyl (C=O) groups is 1. The molecule has 31 heavy (non-hydrogen) atoms. The fourth-order valence-electron chi connectivity index (χ4n) is 3.69. The number of carboxylic acid groups (broad SMARTS) is 1. The Bertz CT molecular complexity index is 977. The molecule has 1 unspecified atom stereocenters. The van der Waals surface area contributed by atoms with Crippen molar-refractivity contribution in [2.45, 2.75) is 23.9 Å². The molecule has 0 saturated carbocycles. The van der Waals surface area contributed by atoms with E-state index in [1.165, 1.54) is 0 Å². The summed E-state index contributed by atoms with van der Waals surface area (Å²) in [5.41, 5.74) is 0. The number of aliphatic carboxylic acids is 1. The van der Waals surface area contributed by atoms with Crippen LogP contribution in [0, 0.1) is 5.92 Å². The van der Waals surface area contributed by atoms with Crippen LogP contribution in [-0.4, -0.2) is 70.7 Å². The summed E-state index contributed by atoms with van der Waals surface area (Å²) in [6, 6.07) is 5.76. The van der Waals surface area contributed by atoms with Gasteiger partial charge in [0.05, 0.1) is 25.2 Å². The molecule has 9 nitrogen and oxygen atoms in total. The zero-order chi connectivity index (χ0) is 22.7. The van der Waals surface area contributed by atoms with E-state index in [0.29, 0.717) is 38.7 Å². The molecule has 2 aromatic heterocycles. The normalized spacial score (nSPS) is 21.7. The zero-order valence-corrected chi connectivity index (χ0v) is 17.0. The van der Waals surface area contributed by atoms with Crippen molar-refractivity contribution in [2.75, 3.05) is 25.4 Å². The van der Waals surface area contributed by atoms with Gasteiger partial charge in [-0.05, 0) is 24.6 Å². The van der Waals surface area contributed by atoms with Crippen molar-refractivity contribution < 1.29 is 40.6 Å². The molecule has 2 fully saturated rings. The van der Waals surface area contributed by atoms with Crippen LogP contribution in [0.15, 0.2) is 41.3 Å². The molecule has 2 saturated heterocycles. The third-order valence-corrected chi connectivity index (χ3v) is 7.84. The summed E-state index contributed by atoms with van der Waals surface area (Å²) < 4.78 is 67.2. The number of alkyl halides is 3. The van der Waals surface area contributed by atoms with E-state index >= 15 is 0 Å². The molecule has 4 heterocycles. The van der Waals surface area contributed by atoms with Crippen LogP contribution in [0.3, 0.4) is 0 Å². The predicted molar refractivity (Wildman–Crippen MR) is 99.8 cm³/mol. The van der Waals surface area contributed by atoms with Crippen LogP contribution in [0.1, 0.15) is 12.2 Å². The maximum absolute atomic E-state index is 12.6. The molecule has 13 heteroatoms. The smallest absolute Gasteiger partial charge is 0.475 e. The number of sulfone groups is 1. The van der Waals surface area contributed by atoms with Gasteiger partial charge in [-0.3, -0.25) is 4.90 Å². The number of nitrogens with zero attached hydrogens (tertiary/aromatic N) is 3. The second kappa shape index (κ2) is 8.83. The van der Waals surface area contributed by atoms with Crippen LogP contribution in [0.5, 0.6) is 6.01 Å². The van der Waals surface area contributed by atoms with Gasteiger partial charge in [0.2, 0.25) is 0 Å². The summed E-state index contributed by atoms with van der Waals surface area (Å²) in [6.45, 7) is 2.02. The van der Waals surface area contributed by atoms with Crippen molar-refractivity contribution in [3.05, 3.63) is 42.6 Å². The molecule has 4 rings (SSSR count). The number of rotatable bonds is 5. The van der Waals surface area contributed by atoms with Gasteiger partial charge in [0.25, 0.3) is 0 Å². The predicted octanol–water partition coefficient (Wildman–Crippen LogP) is 1.77. The van der Waals surface area contributed by atoms with Crippen LogP contribution in [0.2, 0.25) is 0 Å². The Morgan fingerprint density at radius 3 is 2.48 bits per heavy atom. The van der Waals surface area contributed by atoms with Gasteiger partial charge in [-0.2, -0.15) is 13.2 Å². The average molecular weight is 463 g/mol. The molecule has 1 atom stereocenters. The minimum Gasteiger partial charge on any atom is -0.475 e. The zero-order valence-electron chi connectivity index (χ0n) is 16.2. The summed E-state index contributed by atoms with van der Waals surface area (Å²) in [5, 5.41) is 7.12. The molecular weight excluding hydrogens is 443 g/mol. The lowest BCUT2D eigenvalue weighted by Gasteiger charge is -2.49. The number of likely N-dealkylation sites (tertiary alicyclic amines) is 1. The van der Waals surface area contributed by atoms with Crippen LogP contribution >= 0.6 is 0 Å². The molecule has 170 valence electrons. The first kappa shape index (κ1) is 23.0. The summed E-state index contributed by atoms with van der Waals surface area (Å²) in [7, 11) is -3.11. The molecule has 2 aliphatic heterocycles. The van der Waals surface area contributed by atoms with Crippen molar-refractivity contribution in [2.24, 2.45) is 5.92 Å². The third kappa shape index (κ3) is 5.15. The van der Waals surface area contributed by atoms with Crippen molar-refractivity contribution in [3.63, 3.8) is 0 Å². The Hall–Kier alpha value is -2.67. The van der Waals surface area contributed by atoms with Gasteiger partial charge in [0.1, 0.15) is 10.5 Å². The number of hydrogen-bond acceptors (Lipinski definition) is 8. The van der Waals surface area contributed by atoms with Crippen molar-refractivity contribution in [3.8, 4) is 6.01 Å². The lowest BCUT2D eigenvalue weighted by molar-refractivity contribution is -0.192. The number of aromatic nitrogens is 2. The Labute approximate surface area is 175 Å². The Kier molecular flexibility index (Phi) is 6.55. The van der Waals surface area contributed by atoms with Gasteiger partial charge in [0, 0.05) is 31.4 Å². The maximum atomic E-state index is 12.6. The van der Waals surface area contributed by atoms with E-state index in [9.17, 15) is 21.6 Å². The molecule has 0 aliphatic carbocycles. The maximum Gasteiger partial charge on any atom is 0.490 e. The molecule has 0 aromatic carbocycles. The minimum absolute atomic E-state index is 0.0286. The van der Waals surface area contributed by atoms with E-state index in [2.05, 4.69) is 14.9 Å². The lowest BCUT2D eigenvalue weighted by atomic mass is 9.83. The van der Waals surface area contributed by atoms with Crippen LogP contribution in [-0.2, 0) is 21.2 Å². The topological polar surface area (TPSA) is 123 Å². The van der Waals surface area contributed by atoms with E-state index in [1.54, 1.807) is 24.7 Å². The average Bonchev–Trinajstić information content (AvgIpc) is 3.27. The fourth-order valence-corrected chi connectivity index (χ4v) is 6.14. The van der Waals surface area contributed by atoms with E-state index in [1.807, 2.05) is 12.1 Å². The lowest BCUT2D eigenvalue weighted by Crippen LogP contribution is -2.67. The molecule has 2 aliphatic rings. The number of ether oxygens (including phenoxy) is 1. The molecular formula is C18H20F3N3O6S. The van der Waals surface area contributed by atoms with E-state index in [4.69, 9.17) is 19.1 Å². The Morgan fingerprint density at radius 1 is 1.29 bits per heavy atom. The minimum atomic E-state index is -5.08. The van der Waals surface area contributed by atoms with Gasteiger partial charge in [-0.15, -0.1) is 0 Å². The largest absolute Gasteiger partial charge is 0.490 e. The number of furan rings is 1. The van der Waals surface area contributed by atoms with Gasteiger partial charge in [-0.1, -0.05) is 0 Å². The van der Waals surface area contributed by atoms with Crippen molar-refractivity contribution >= 4 is 15.8 Å². The SMILES string of the molecule is O=C(O)C(F)(F)F.O=S1(=O)CCC(COc2ncccn2)C12CN(Cc1ccco1)C2. The Balaban J connectivity index is 0.000000339. The highest BCUT2D eigenvalue weighted by Crippen LogP contribution is 2.45. The first-order valence-corrected chi connectivity index (χ1v) is 10.9. The van der Waals surface area contributed by atoms with Crippen LogP contribution in [0.25, 0.3) is 0 Å². The number of carboxylic acids is 1. The van der Waals surface area contributed by atoms with Crippen LogP contribution in [0.4, 0.5) is 13.2 Å². The van der Waals surface area contributed by atoms with E-state index < -0.39 is 26.7 Å². The molecule has 0 radical (unpaired) electrons. The first-order chi connectivity index (χ1) is 14.5. The highest BCUT2D eigenvalue weighted by Gasteiger charge is 2.61. The second-order valence-corrected chi connectivity index (χ2v) is 9.69. The van der Waals surface area contributed by atoms with E-state index in [-0.39, 0.29) is 11.7 Å². The fraction of sp³-hybridized carbons (Fsp3) is 0.500. The number of hydrogen-bond donors (Lipinski definition) is 1. The van der Waals surface area contributed by atoms with Gasteiger partial charge >= 0.3 is 18.2 Å². The second-order valence-electron chi connectivity index (χ2n) is 7.24. The summed E-state index contributed by atoms with van der Waals surface area (Å²) in [6.07, 6.45) is 0.396. The van der Waals surface area contributed by atoms with Gasteiger partial charge < -0.3 is 14.3 Å². The molecule has 0 amide bonds. The summed E-state index contributed by atoms with van der Waals surface area (Å²) in [5.74, 6) is -1.71. The molecule has 2 aromatic rings. The van der Waals surface area contributed by atoms with Gasteiger partial charge in [0.15, 0.2) is 9.84 Å². The Morgan fingerprint density at radius 2 is 1.94 bits per heavy atom. The quantitative estimate of drug-likeness (QED) is 0.707. The summed E-state index contributed by atoms with van der Waals surface area (Å²) >= 11 is 0. The highest BCUT2D eigenvalue weighted by atomic mass is 32.2. The van der Waals surface area contributed by atoms with E-state index in [0.717, 1.165) is 5.76 Å². The van der Waals surface area contributed by atoms with Crippen LogP contribution < -0.4 is 4.74 Å². The standard InChI is InChI=1S/C16H19N3O4S.C2HF3O2/c20-24(21)8-4-13(10-23-15-17-5-2-6-18-15)16(24)11-19(12-16)9-14-3-1-7-22-14;3-2(4,5)1(6)7/h1-3,5-7,13H,4,8-12H2;(H,6,7). The third-order valence-electron chi connectivity index (χ3n) is 5.24. The van der Waals surface area contributed by atoms with Crippen molar-refractivity contribution in [1.82, 2.24) is 14.9 Å². The van der Waals surface area contributed by atoms with Crippen molar-refractivity contribution in [1.29, 1.82) is 0 Å². The molecule has 1 N–H and O–H groups in total. The molecule has 1 spiro atoms. The highest BCUT2D eigenvalue weighted by molar-refractivity contribution is 7.93. The number of halogens is 3. The van der Waals surface area contributed by atoms with Gasteiger partial charge in [-0.25, -0.2) is 23.2 Å². The molecule has 0 bridgehead atoms. The monoisotopic (exact) mass is 463 g/mol. The summed E-state index contributed by atoms with van der Waals surface area (Å²) in [4.78, 5) is 19.1. The first-order valence-electron chi connectivity index (χ1n) is 9.20.